The van der Waals surface area contributed by atoms with Crippen LogP contribution in [0.5, 0.6) is 0 Å². The first-order valence-corrected chi connectivity index (χ1v) is 5.41. The molecule has 0 unspecified atom stereocenters. The van der Waals surface area contributed by atoms with Gasteiger partial charge in [0.2, 0.25) is 0 Å². The summed E-state index contributed by atoms with van der Waals surface area (Å²) in [6.07, 6.45) is 3.32. The molecule has 2 heterocycles. The topological polar surface area (TPSA) is 58.5 Å². The molecule has 16 heavy (non-hydrogen) atoms. The van der Waals surface area contributed by atoms with Crippen molar-refractivity contribution < 1.29 is 9.84 Å². The first kappa shape index (κ1) is 11.3. The molecule has 0 aromatic carbocycles. The molecule has 0 atom stereocenters. The summed E-state index contributed by atoms with van der Waals surface area (Å²) in [6.45, 7) is 6.39. The third kappa shape index (κ3) is 2.15. The zero-order chi connectivity index (χ0) is 11.6. The van der Waals surface area contributed by atoms with E-state index in [1.165, 1.54) is 0 Å². The molecule has 1 fully saturated rings. The lowest BCUT2D eigenvalue weighted by atomic mass is 10.0. The van der Waals surface area contributed by atoms with Crippen molar-refractivity contribution in [2.45, 2.75) is 26.0 Å². The second kappa shape index (κ2) is 4.35. The molecule has 0 amide bonds. The highest BCUT2D eigenvalue weighted by molar-refractivity contribution is 5.40. The Kier molecular flexibility index (Phi) is 3.07. The number of aromatic nitrogens is 2. The summed E-state index contributed by atoms with van der Waals surface area (Å²) >= 11 is 0. The van der Waals surface area contributed by atoms with E-state index in [0.717, 1.165) is 12.4 Å². The van der Waals surface area contributed by atoms with Crippen LogP contribution in [0.3, 0.4) is 0 Å². The molecule has 1 N–H and O–H groups in total. The molecule has 2 rings (SSSR count). The lowest BCUT2D eigenvalue weighted by Gasteiger charge is -2.42. The molecule has 1 aromatic heterocycles. The van der Waals surface area contributed by atoms with Crippen LogP contribution in [0.25, 0.3) is 0 Å². The quantitative estimate of drug-likeness (QED) is 0.795. The second-order valence-electron chi connectivity index (χ2n) is 4.54. The van der Waals surface area contributed by atoms with Gasteiger partial charge in [0.05, 0.1) is 43.4 Å². The number of anilines is 1. The zero-order valence-corrected chi connectivity index (χ0v) is 9.68. The predicted octanol–water partition coefficient (Wildman–Crippen LogP) is 0.584. The fraction of sp³-hybridized carbons (Fsp3) is 0.636. The van der Waals surface area contributed by atoms with Crippen molar-refractivity contribution in [3.8, 4) is 0 Å². The summed E-state index contributed by atoms with van der Waals surface area (Å²) in [4.78, 5) is 10.6. The highest BCUT2D eigenvalue weighted by atomic mass is 16.5. The Bertz CT molecular complexity index is 351. The van der Waals surface area contributed by atoms with Crippen LogP contribution < -0.4 is 4.90 Å². The molecule has 1 aromatic rings. The molecule has 1 aliphatic rings. The van der Waals surface area contributed by atoms with Gasteiger partial charge in [-0.05, 0) is 13.8 Å². The van der Waals surface area contributed by atoms with Gasteiger partial charge in [-0.1, -0.05) is 0 Å². The van der Waals surface area contributed by atoms with Crippen LogP contribution in [0.4, 0.5) is 5.82 Å². The average Bonchev–Trinajstić information content (AvgIpc) is 2.29. The Balaban J connectivity index is 2.21. The van der Waals surface area contributed by atoms with E-state index in [-0.39, 0.29) is 12.1 Å². The molecule has 5 nitrogen and oxygen atoms in total. The summed E-state index contributed by atoms with van der Waals surface area (Å²) in [5.74, 6) is 0.838. The van der Waals surface area contributed by atoms with Crippen LogP contribution in [-0.2, 0) is 11.3 Å². The third-order valence-corrected chi connectivity index (χ3v) is 2.78. The number of hydrogen-bond donors (Lipinski definition) is 1. The van der Waals surface area contributed by atoms with Crippen molar-refractivity contribution in [1.29, 1.82) is 0 Å². The smallest absolute Gasteiger partial charge is 0.147 e. The Morgan fingerprint density at radius 1 is 1.44 bits per heavy atom. The molecule has 0 aliphatic carbocycles. The minimum Gasteiger partial charge on any atom is -0.390 e. The Hall–Kier alpha value is -1.20. The number of ether oxygens (including phenoxy) is 1. The molecule has 0 radical (unpaired) electrons. The fourth-order valence-corrected chi connectivity index (χ4v) is 1.85. The van der Waals surface area contributed by atoms with E-state index in [1.54, 1.807) is 12.4 Å². The summed E-state index contributed by atoms with van der Waals surface area (Å²) in [7, 11) is 0. The van der Waals surface area contributed by atoms with Gasteiger partial charge in [-0.2, -0.15) is 0 Å². The van der Waals surface area contributed by atoms with Crippen molar-refractivity contribution in [3.63, 3.8) is 0 Å². The molecular formula is C11H17N3O2. The number of morpholine rings is 1. The van der Waals surface area contributed by atoms with Crippen molar-refractivity contribution in [3.05, 3.63) is 18.1 Å². The van der Waals surface area contributed by atoms with Crippen LogP contribution in [-0.4, -0.2) is 40.4 Å². The van der Waals surface area contributed by atoms with Crippen LogP contribution in [0.15, 0.2) is 12.4 Å². The van der Waals surface area contributed by atoms with E-state index in [0.29, 0.717) is 18.9 Å². The Morgan fingerprint density at radius 2 is 2.25 bits per heavy atom. The summed E-state index contributed by atoms with van der Waals surface area (Å²) < 4.78 is 5.45. The van der Waals surface area contributed by atoms with Gasteiger partial charge in [0.15, 0.2) is 0 Å². The van der Waals surface area contributed by atoms with E-state index in [2.05, 4.69) is 28.7 Å². The van der Waals surface area contributed by atoms with Gasteiger partial charge in [-0.3, -0.25) is 4.98 Å². The molecule has 0 spiro atoms. The minimum absolute atomic E-state index is 0.0618. The molecule has 1 aliphatic heterocycles. The van der Waals surface area contributed by atoms with Gasteiger partial charge < -0.3 is 14.7 Å². The van der Waals surface area contributed by atoms with Crippen LogP contribution in [0.2, 0.25) is 0 Å². The minimum atomic E-state index is -0.0697. The van der Waals surface area contributed by atoms with E-state index in [1.807, 2.05) is 0 Å². The lowest BCUT2D eigenvalue weighted by molar-refractivity contribution is 0.0638. The standard InChI is InChI=1S/C11H17N3O2/c1-11(2)8-16-4-3-14(11)10-6-12-9(7-15)5-13-10/h5-6,15H,3-4,7-8H2,1-2H3. The van der Waals surface area contributed by atoms with Gasteiger partial charge in [0.25, 0.3) is 0 Å². The molecule has 0 bridgehead atoms. The predicted molar refractivity (Wildman–Crippen MR) is 60.2 cm³/mol. The number of rotatable bonds is 2. The number of aliphatic hydroxyl groups excluding tert-OH is 1. The highest BCUT2D eigenvalue weighted by Gasteiger charge is 2.31. The van der Waals surface area contributed by atoms with Crippen LogP contribution >= 0.6 is 0 Å². The summed E-state index contributed by atoms with van der Waals surface area (Å²) in [6, 6.07) is 0. The molecule has 5 heteroatoms. The van der Waals surface area contributed by atoms with Crippen molar-refractivity contribution >= 4 is 5.82 Å². The molecule has 1 saturated heterocycles. The van der Waals surface area contributed by atoms with E-state index >= 15 is 0 Å². The van der Waals surface area contributed by atoms with Gasteiger partial charge in [-0.25, -0.2) is 4.98 Å². The summed E-state index contributed by atoms with van der Waals surface area (Å²) in [5.41, 5.74) is 0.531. The Morgan fingerprint density at radius 3 is 2.81 bits per heavy atom. The van der Waals surface area contributed by atoms with E-state index < -0.39 is 0 Å². The van der Waals surface area contributed by atoms with Gasteiger partial charge in [0.1, 0.15) is 5.82 Å². The first-order valence-electron chi connectivity index (χ1n) is 5.41. The average molecular weight is 223 g/mol. The normalized spacial score (nSPS) is 19.8. The molecule has 0 saturated carbocycles. The zero-order valence-electron chi connectivity index (χ0n) is 9.68. The maximum Gasteiger partial charge on any atom is 0.147 e. The lowest BCUT2D eigenvalue weighted by Crippen LogP contribution is -2.53. The molecular weight excluding hydrogens is 206 g/mol. The number of aliphatic hydroxyl groups is 1. The highest BCUT2D eigenvalue weighted by Crippen LogP contribution is 2.24. The number of nitrogens with zero attached hydrogens (tertiary/aromatic N) is 3. The monoisotopic (exact) mass is 223 g/mol. The maximum atomic E-state index is 8.91. The van der Waals surface area contributed by atoms with Gasteiger partial charge >= 0.3 is 0 Å². The fourth-order valence-electron chi connectivity index (χ4n) is 1.85. The maximum absolute atomic E-state index is 8.91. The number of hydrogen-bond acceptors (Lipinski definition) is 5. The molecule has 88 valence electrons. The SMILES string of the molecule is CC1(C)COCCN1c1cnc(CO)cn1. The van der Waals surface area contributed by atoms with E-state index in [9.17, 15) is 0 Å². The van der Waals surface area contributed by atoms with Gasteiger partial charge in [0, 0.05) is 6.54 Å². The van der Waals surface area contributed by atoms with Crippen molar-refractivity contribution in [2.75, 3.05) is 24.7 Å². The third-order valence-electron chi connectivity index (χ3n) is 2.78. The van der Waals surface area contributed by atoms with Crippen LogP contribution in [0.1, 0.15) is 19.5 Å². The van der Waals surface area contributed by atoms with Crippen molar-refractivity contribution in [2.24, 2.45) is 0 Å². The van der Waals surface area contributed by atoms with E-state index in [4.69, 9.17) is 9.84 Å². The first-order chi connectivity index (χ1) is 7.63. The second-order valence-corrected chi connectivity index (χ2v) is 4.54. The van der Waals surface area contributed by atoms with Gasteiger partial charge in [-0.15, -0.1) is 0 Å². The largest absolute Gasteiger partial charge is 0.390 e. The Labute approximate surface area is 95.1 Å². The summed E-state index contributed by atoms with van der Waals surface area (Å²) in [5, 5.41) is 8.91. The van der Waals surface area contributed by atoms with Crippen LogP contribution in [0, 0.1) is 0 Å². The van der Waals surface area contributed by atoms with Crippen molar-refractivity contribution in [1.82, 2.24) is 9.97 Å².